The van der Waals surface area contributed by atoms with Crippen molar-refractivity contribution in [3.63, 3.8) is 0 Å². The van der Waals surface area contributed by atoms with Gasteiger partial charge in [0, 0.05) is 36.9 Å². The summed E-state index contributed by atoms with van der Waals surface area (Å²) >= 11 is 1.13. The fourth-order valence-electron chi connectivity index (χ4n) is 2.63. The lowest BCUT2D eigenvalue weighted by atomic mass is 10.2. The SMILES string of the molecule is Cc1ccc([N+](=O)[O-])cc1NC(=O)CSc1nnc(-c2cccc([N+](=O)[O-])c2)n1C. The standard InChI is InChI=1S/C18H16N6O5S/c1-11-6-7-14(24(28)29)9-15(11)19-16(25)10-30-18-21-20-17(22(18)2)12-4-3-5-13(8-12)23(26)27/h3-9H,10H2,1-2H3,(H,19,25). The summed E-state index contributed by atoms with van der Waals surface area (Å²) in [5.41, 5.74) is 1.42. The topological polar surface area (TPSA) is 146 Å². The molecule has 3 rings (SSSR count). The molecule has 0 spiro atoms. The summed E-state index contributed by atoms with van der Waals surface area (Å²) < 4.78 is 1.63. The third-order valence-corrected chi connectivity index (χ3v) is 5.21. The Kier molecular flexibility index (Phi) is 6.06. The van der Waals surface area contributed by atoms with Crippen molar-refractivity contribution in [2.45, 2.75) is 12.1 Å². The van der Waals surface area contributed by atoms with Crippen molar-refractivity contribution >= 4 is 34.7 Å². The minimum atomic E-state index is -0.529. The second kappa shape index (κ2) is 8.69. The molecule has 1 N–H and O–H groups in total. The first-order chi connectivity index (χ1) is 14.3. The minimum Gasteiger partial charge on any atom is -0.325 e. The number of benzene rings is 2. The van der Waals surface area contributed by atoms with Crippen LogP contribution in [0.2, 0.25) is 0 Å². The molecule has 0 aliphatic rings. The Morgan fingerprint density at radius 1 is 1.10 bits per heavy atom. The second-order valence-corrected chi connectivity index (χ2v) is 7.21. The van der Waals surface area contributed by atoms with Gasteiger partial charge in [0.1, 0.15) is 0 Å². The molecule has 3 aromatic rings. The summed E-state index contributed by atoms with van der Waals surface area (Å²) in [5, 5.41) is 33.1. The van der Waals surface area contributed by atoms with Gasteiger partial charge in [-0.2, -0.15) is 0 Å². The van der Waals surface area contributed by atoms with Gasteiger partial charge in [-0.15, -0.1) is 10.2 Å². The van der Waals surface area contributed by atoms with Crippen LogP contribution in [-0.4, -0.2) is 36.3 Å². The van der Waals surface area contributed by atoms with Gasteiger partial charge in [0.15, 0.2) is 11.0 Å². The molecule has 12 heteroatoms. The highest BCUT2D eigenvalue weighted by Crippen LogP contribution is 2.26. The van der Waals surface area contributed by atoms with E-state index in [0.29, 0.717) is 27.8 Å². The van der Waals surface area contributed by atoms with Gasteiger partial charge >= 0.3 is 0 Å². The Bertz CT molecular complexity index is 1150. The molecule has 11 nitrogen and oxygen atoms in total. The van der Waals surface area contributed by atoms with Gasteiger partial charge in [0.25, 0.3) is 11.4 Å². The number of nitro benzene ring substituents is 2. The zero-order chi connectivity index (χ0) is 21.8. The number of hydrogen-bond acceptors (Lipinski definition) is 8. The summed E-state index contributed by atoms with van der Waals surface area (Å²) in [5.74, 6) is 0.0721. The number of amides is 1. The highest BCUT2D eigenvalue weighted by molar-refractivity contribution is 7.99. The zero-order valence-corrected chi connectivity index (χ0v) is 16.8. The van der Waals surface area contributed by atoms with E-state index in [-0.39, 0.29) is 23.0 Å². The maximum atomic E-state index is 12.3. The van der Waals surface area contributed by atoms with E-state index >= 15 is 0 Å². The summed E-state index contributed by atoms with van der Waals surface area (Å²) in [7, 11) is 1.69. The average molecular weight is 428 g/mol. The molecule has 1 aromatic heterocycles. The predicted octanol–water partition coefficient (Wildman–Crippen LogP) is 3.34. The third kappa shape index (κ3) is 4.60. The van der Waals surface area contributed by atoms with E-state index in [0.717, 1.165) is 11.8 Å². The Labute approximate surface area is 174 Å². The van der Waals surface area contributed by atoms with Crippen LogP contribution in [0.25, 0.3) is 11.4 Å². The van der Waals surface area contributed by atoms with Gasteiger partial charge in [0.2, 0.25) is 5.91 Å². The number of nitro groups is 2. The third-order valence-electron chi connectivity index (χ3n) is 4.19. The van der Waals surface area contributed by atoms with E-state index in [2.05, 4.69) is 15.5 Å². The van der Waals surface area contributed by atoms with E-state index in [1.54, 1.807) is 36.7 Å². The smallest absolute Gasteiger partial charge is 0.271 e. The van der Waals surface area contributed by atoms with Crippen molar-refractivity contribution in [3.05, 3.63) is 68.3 Å². The molecule has 0 fully saturated rings. The molecule has 0 saturated heterocycles. The lowest BCUT2D eigenvalue weighted by molar-refractivity contribution is -0.385. The quantitative estimate of drug-likeness (QED) is 0.342. The van der Waals surface area contributed by atoms with Crippen LogP contribution < -0.4 is 5.32 Å². The number of nitrogens with zero attached hydrogens (tertiary/aromatic N) is 5. The number of carbonyl (C=O) groups is 1. The van der Waals surface area contributed by atoms with Crippen molar-refractivity contribution in [1.29, 1.82) is 0 Å². The summed E-state index contributed by atoms with van der Waals surface area (Å²) in [6, 6.07) is 10.3. The van der Waals surface area contributed by atoms with E-state index in [1.165, 1.54) is 24.3 Å². The molecule has 1 amide bonds. The van der Waals surface area contributed by atoms with Crippen LogP contribution in [0.4, 0.5) is 17.1 Å². The van der Waals surface area contributed by atoms with E-state index < -0.39 is 9.85 Å². The number of anilines is 1. The largest absolute Gasteiger partial charge is 0.325 e. The number of non-ortho nitro benzene ring substituents is 2. The van der Waals surface area contributed by atoms with Crippen molar-refractivity contribution in [1.82, 2.24) is 14.8 Å². The van der Waals surface area contributed by atoms with E-state index in [4.69, 9.17) is 0 Å². The van der Waals surface area contributed by atoms with Crippen molar-refractivity contribution in [2.24, 2.45) is 7.05 Å². The van der Waals surface area contributed by atoms with Gasteiger partial charge in [-0.3, -0.25) is 25.0 Å². The minimum absolute atomic E-state index is 0.00302. The highest BCUT2D eigenvalue weighted by Gasteiger charge is 2.16. The van der Waals surface area contributed by atoms with Gasteiger partial charge < -0.3 is 9.88 Å². The molecule has 0 radical (unpaired) electrons. The summed E-state index contributed by atoms with van der Waals surface area (Å²) in [6.07, 6.45) is 0. The molecule has 1 heterocycles. The number of carbonyl (C=O) groups excluding carboxylic acids is 1. The molecule has 0 saturated carbocycles. The normalized spacial score (nSPS) is 10.6. The lowest BCUT2D eigenvalue weighted by Gasteiger charge is -2.08. The molecule has 154 valence electrons. The first kappa shape index (κ1) is 20.9. The number of rotatable bonds is 7. The van der Waals surface area contributed by atoms with E-state index in [1.807, 2.05) is 0 Å². The predicted molar refractivity (Wildman–Crippen MR) is 110 cm³/mol. The number of aromatic nitrogens is 3. The Morgan fingerprint density at radius 3 is 2.50 bits per heavy atom. The number of hydrogen-bond donors (Lipinski definition) is 1. The maximum Gasteiger partial charge on any atom is 0.271 e. The van der Waals surface area contributed by atoms with Crippen molar-refractivity contribution in [3.8, 4) is 11.4 Å². The van der Waals surface area contributed by atoms with Crippen LogP contribution in [0, 0.1) is 27.2 Å². The Balaban J connectivity index is 1.69. The Morgan fingerprint density at radius 2 is 1.80 bits per heavy atom. The average Bonchev–Trinajstić information content (AvgIpc) is 3.08. The summed E-state index contributed by atoms with van der Waals surface area (Å²) in [4.78, 5) is 33.1. The number of nitrogens with one attached hydrogen (secondary N) is 1. The van der Waals surface area contributed by atoms with Gasteiger partial charge in [-0.1, -0.05) is 30.0 Å². The van der Waals surface area contributed by atoms with E-state index in [9.17, 15) is 25.0 Å². The lowest BCUT2D eigenvalue weighted by Crippen LogP contribution is -2.15. The van der Waals surface area contributed by atoms with Gasteiger partial charge in [-0.25, -0.2) is 0 Å². The van der Waals surface area contributed by atoms with Crippen LogP contribution in [0.1, 0.15) is 5.56 Å². The molecule has 0 unspecified atom stereocenters. The van der Waals surface area contributed by atoms with Crippen LogP contribution >= 0.6 is 11.8 Å². The van der Waals surface area contributed by atoms with Crippen molar-refractivity contribution < 1.29 is 14.6 Å². The fourth-order valence-corrected chi connectivity index (χ4v) is 3.34. The molecular formula is C18H16N6O5S. The molecule has 0 bridgehead atoms. The number of thioether (sulfide) groups is 1. The highest BCUT2D eigenvalue weighted by atomic mass is 32.2. The zero-order valence-electron chi connectivity index (χ0n) is 15.9. The van der Waals surface area contributed by atoms with Crippen molar-refractivity contribution in [2.75, 3.05) is 11.1 Å². The van der Waals surface area contributed by atoms with Crippen LogP contribution in [0.3, 0.4) is 0 Å². The maximum absolute atomic E-state index is 12.3. The number of aryl methyl sites for hydroxylation is 1. The molecule has 0 aliphatic carbocycles. The van der Waals surface area contributed by atoms with Crippen LogP contribution in [0.5, 0.6) is 0 Å². The Hall–Kier alpha value is -3.80. The molecule has 0 aliphatic heterocycles. The van der Waals surface area contributed by atoms with Gasteiger partial charge in [0.05, 0.1) is 21.3 Å². The fraction of sp³-hybridized carbons (Fsp3) is 0.167. The first-order valence-corrected chi connectivity index (χ1v) is 9.56. The van der Waals surface area contributed by atoms with Crippen LogP contribution in [0.15, 0.2) is 47.6 Å². The van der Waals surface area contributed by atoms with Crippen LogP contribution in [-0.2, 0) is 11.8 Å². The molecule has 0 atom stereocenters. The first-order valence-electron chi connectivity index (χ1n) is 8.58. The second-order valence-electron chi connectivity index (χ2n) is 6.27. The molecule has 2 aromatic carbocycles. The van der Waals surface area contributed by atoms with Gasteiger partial charge in [-0.05, 0) is 12.5 Å². The monoisotopic (exact) mass is 428 g/mol. The molecule has 30 heavy (non-hydrogen) atoms. The molecular weight excluding hydrogens is 412 g/mol. The summed E-state index contributed by atoms with van der Waals surface area (Å²) in [6.45, 7) is 1.74.